The molecule has 3 rings (SSSR count). The molecule has 0 heterocycles. The van der Waals surface area contributed by atoms with Gasteiger partial charge in [0.25, 0.3) is 0 Å². The van der Waals surface area contributed by atoms with Crippen LogP contribution in [0.3, 0.4) is 0 Å². The van der Waals surface area contributed by atoms with Crippen LogP contribution in [0, 0.1) is 17.7 Å². The first kappa shape index (κ1) is 13.1. The van der Waals surface area contributed by atoms with Gasteiger partial charge in [0.05, 0.1) is 17.4 Å². The van der Waals surface area contributed by atoms with Gasteiger partial charge in [-0.05, 0) is 43.4 Å². The van der Waals surface area contributed by atoms with Crippen LogP contribution in [0.25, 0.3) is 0 Å². The van der Waals surface area contributed by atoms with Crippen molar-refractivity contribution in [3.63, 3.8) is 0 Å². The first-order valence-electron chi connectivity index (χ1n) is 6.83. The second-order valence-corrected chi connectivity index (χ2v) is 5.71. The largest absolute Gasteiger partial charge is 0.481 e. The number of carboxylic acids is 1. The number of carbonyl (C=O) groups is 2. The molecule has 1 aromatic carbocycles. The first-order chi connectivity index (χ1) is 9.52. The summed E-state index contributed by atoms with van der Waals surface area (Å²) in [5.41, 5.74) is 0.273. The van der Waals surface area contributed by atoms with Crippen LogP contribution in [-0.2, 0) is 15.1 Å². The molecule has 2 saturated carbocycles. The van der Waals surface area contributed by atoms with Crippen LogP contribution in [0.5, 0.6) is 0 Å². The van der Waals surface area contributed by atoms with E-state index in [4.69, 9.17) is 5.11 Å². The van der Waals surface area contributed by atoms with E-state index in [0.717, 1.165) is 18.4 Å². The molecule has 20 heavy (non-hydrogen) atoms. The van der Waals surface area contributed by atoms with Crippen LogP contribution in [0.4, 0.5) is 4.39 Å². The Hall–Kier alpha value is -1.91. The summed E-state index contributed by atoms with van der Waals surface area (Å²) in [7, 11) is 0. The number of hydrogen-bond acceptors (Lipinski definition) is 2. The highest BCUT2D eigenvalue weighted by Crippen LogP contribution is 2.46. The summed E-state index contributed by atoms with van der Waals surface area (Å²) in [6, 6.07) is 6.22. The minimum absolute atomic E-state index is 0.217. The predicted octanol–water partition coefficient (Wildman–Crippen LogP) is 2.04. The molecule has 2 aliphatic rings. The van der Waals surface area contributed by atoms with Gasteiger partial charge in [0, 0.05) is 0 Å². The molecule has 106 valence electrons. The maximum atomic E-state index is 13.3. The average Bonchev–Trinajstić information content (AvgIpc) is 3.07. The molecule has 0 aromatic heterocycles. The van der Waals surface area contributed by atoms with E-state index in [9.17, 15) is 14.0 Å². The van der Waals surface area contributed by atoms with E-state index in [0.29, 0.717) is 12.8 Å². The van der Waals surface area contributed by atoms with Crippen LogP contribution in [-0.4, -0.2) is 17.0 Å². The van der Waals surface area contributed by atoms with Crippen LogP contribution in [0.1, 0.15) is 31.2 Å². The molecule has 0 bridgehead atoms. The molecule has 2 unspecified atom stereocenters. The Bertz CT molecular complexity index is 568. The molecule has 0 aliphatic heterocycles. The highest BCUT2D eigenvalue weighted by Gasteiger charge is 2.49. The molecule has 0 radical (unpaired) electrons. The molecule has 2 atom stereocenters. The van der Waals surface area contributed by atoms with Crippen molar-refractivity contribution in [2.75, 3.05) is 0 Å². The Morgan fingerprint density at radius 3 is 2.45 bits per heavy atom. The summed E-state index contributed by atoms with van der Waals surface area (Å²) in [6.45, 7) is 0. The van der Waals surface area contributed by atoms with Gasteiger partial charge in [0.15, 0.2) is 0 Å². The monoisotopic (exact) mass is 277 g/mol. The van der Waals surface area contributed by atoms with E-state index in [-0.39, 0.29) is 11.7 Å². The predicted molar refractivity (Wildman–Crippen MR) is 69.3 cm³/mol. The summed E-state index contributed by atoms with van der Waals surface area (Å²) in [6.07, 6.45) is 2.71. The van der Waals surface area contributed by atoms with Crippen molar-refractivity contribution in [3.8, 4) is 0 Å². The van der Waals surface area contributed by atoms with Gasteiger partial charge in [-0.2, -0.15) is 0 Å². The lowest BCUT2D eigenvalue weighted by atomic mass is 9.73. The van der Waals surface area contributed by atoms with Gasteiger partial charge in [0.2, 0.25) is 5.91 Å². The van der Waals surface area contributed by atoms with Gasteiger partial charge >= 0.3 is 5.97 Å². The molecule has 0 saturated heterocycles. The number of aliphatic carboxylic acids is 1. The van der Waals surface area contributed by atoms with Crippen molar-refractivity contribution < 1.29 is 19.1 Å². The molecule has 2 fully saturated rings. The Balaban J connectivity index is 1.71. The maximum absolute atomic E-state index is 13.3. The van der Waals surface area contributed by atoms with Crippen molar-refractivity contribution >= 4 is 11.9 Å². The SMILES string of the molecule is O=C(O)C1CCC1C(=O)NC1(c2cccc(F)c2)CC1. The Morgan fingerprint density at radius 2 is 1.95 bits per heavy atom. The van der Waals surface area contributed by atoms with Gasteiger partial charge < -0.3 is 10.4 Å². The maximum Gasteiger partial charge on any atom is 0.307 e. The van der Waals surface area contributed by atoms with Gasteiger partial charge in [0.1, 0.15) is 5.82 Å². The molecule has 2 N–H and O–H groups in total. The first-order valence-corrected chi connectivity index (χ1v) is 6.83. The lowest BCUT2D eigenvalue weighted by Gasteiger charge is -2.33. The van der Waals surface area contributed by atoms with Crippen molar-refractivity contribution in [1.29, 1.82) is 0 Å². The zero-order valence-electron chi connectivity index (χ0n) is 10.9. The van der Waals surface area contributed by atoms with Gasteiger partial charge in [-0.3, -0.25) is 9.59 Å². The van der Waals surface area contributed by atoms with Crippen LogP contribution in [0.15, 0.2) is 24.3 Å². The van der Waals surface area contributed by atoms with Gasteiger partial charge in [-0.15, -0.1) is 0 Å². The third-order valence-electron chi connectivity index (χ3n) is 4.42. The molecule has 0 spiro atoms. The Kier molecular flexibility index (Phi) is 3.00. The van der Waals surface area contributed by atoms with Crippen LogP contribution < -0.4 is 5.32 Å². The zero-order valence-corrected chi connectivity index (χ0v) is 10.9. The lowest BCUT2D eigenvalue weighted by molar-refractivity contribution is -0.153. The standard InChI is InChI=1S/C15H16FNO3/c16-10-3-1-2-9(8-10)15(6-7-15)17-13(18)11-4-5-12(11)14(19)20/h1-3,8,11-12H,4-7H2,(H,17,18)(H,19,20). The number of carbonyl (C=O) groups excluding carboxylic acids is 1. The van der Waals surface area contributed by atoms with E-state index in [1.54, 1.807) is 12.1 Å². The molecular formula is C15H16FNO3. The number of nitrogens with one attached hydrogen (secondary N) is 1. The number of halogens is 1. The summed E-state index contributed by atoms with van der Waals surface area (Å²) < 4.78 is 13.3. The smallest absolute Gasteiger partial charge is 0.307 e. The van der Waals surface area contributed by atoms with Crippen LogP contribution >= 0.6 is 0 Å². The van der Waals surface area contributed by atoms with Crippen LogP contribution in [0.2, 0.25) is 0 Å². The van der Waals surface area contributed by atoms with E-state index >= 15 is 0 Å². The number of carboxylic acid groups (broad SMARTS) is 1. The minimum atomic E-state index is -0.910. The topological polar surface area (TPSA) is 66.4 Å². The third-order valence-corrected chi connectivity index (χ3v) is 4.42. The fraction of sp³-hybridized carbons (Fsp3) is 0.467. The number of rotatable bonds is 4. The number of hydrogen-bond donors (Lipinski definition) is 2. The normalized spacial score (nSPS) is 26.4. The fourth-order valence-electron chi connectivity index (χ4n) is 2.83. The van der Waals surface area contributed by atoms with Gasteiger partial charge in [-0.1, -0.05) is 12.1 Å². The Morgan fingerprint density at radius 1 is 1.25 bits per heavy atom. The second kappa shape index (κ2) is 4.58. The second-order valence-electron chi connectivity index (χ2n) is 5.71. The fourth-order valence-corrected chi connectivity index (χ4v) is 2.83. The van der Waals surface area contributed by atoms with E-state index in [1.807, 2.05) is 0 Å². The number of amides is 1. The summed E-state index contributed by atoms with van der Waals surface area (Å²) in [4.78, 5) is 23.1. The van der Waals surface area contributed by atoms with E-state index < -0.39 is 23.3 Å². The van der Waals surface area contributed by atoms with Crippen molar-refractivity contribution in [3.05, 3.63) is 35.6 Å². The van der Waals surface area contributed by atoms with E-state index in [1.165, 1.54) is 12.1 Å². The highest BCUT2D eigenvalue weighted by atomic mass is 19.1. The molecule has 1 aromatic rings. The minimum Gasteiger partial charge on any atom is -0.481 e. The average molecular weight is 277 g/mol. The summed E-state index contributed by atoms with van der Waals surface area (Å²) in [5, 5.41) is 11.9. The molecular weight excluding hydrogens is 261 g/mol. The van der Waals surface area contributed by atoms with Crippen molar-refractivity contribution in [2.45, 2.75) is 31.2 Å². The zero-order chi connectivity index (χ0) is 14.3. The lowest BCUT2D eigenvalue weighted by Crippen LogP contribution is -2.47. The number of benzene rings is 1. The third kappa shape index (κ3) is 2.17. The van der Waals surface area contributed by atoms with E-state index in [2.05, 4.69) is 5.32 Å². The molecule has 4 nitrogen and oxygen atoms in total. The molecule has 1 amide bonds. The highest BCUT2D eigenvalue weighted by molar-refractivity contribution is 5.87. The summed E-state index contributed by atoms with van der Waals surface area (Å²) in [5.74, 6) is -2.47. The molecule has 2 aliphatic carbocycles. The van der Waals surface area contributed by atoms with Crippen molar-refractivity contribution in [2.24, 2.45) is 11.8 Å². The molecule has 5 heteroatoms. The quantitative estimate of drug-likeness (QED) is 0.885. The van der Waals surface area contributed by atoms with Gasteiger partial charge in [-0.25, -0.2) is 4.39 Å². The Labute approximate surface area is 116 Å². The summed E-state index contributed by atoms with van der Waals surface area (Å²) >= 11 is 0. The van der Waals surface area contributed by atoms with Crippen molar-refractivity contribution in [1.82, 2.24) is 5.32 Å².